The van der Waals surface area contributed by atoms with Crippen LogP contribution >= 0.6 is 0 Å². The molecule has 0 saturated carbocycles. The quantitative estimate of drug-likeness (QED) is 0.464. The number of aliphatic hydroxyl groups excluding tert-OH is 1. The number of anilines is 1. The first-order valence-corrected chi connectivity index (χ1v) is 5.71. The first-order chi connectivity index (χ1) is 9.01. The molecule has 1 saturated heterocycles. The highest BCUT2D eigenvalue weighted by molar-refractivity contribution is 5.35. The van der Waals surface area contributed by atoms with Crippen molar-refractivity contribution < 1.29 is 9.84 Å². The van der Waals surface area contributed by atoms with Crippen molar-refractivity contribution in [3.8, 4) is 0 Å². The molecular weight excluding hydrogens is 252 g/mol. The van der Waals surface area contributed by atoms with E-state index in [4.69, 9.17) is 16.0 Å². The Labute approximate surface area is 108 Å². The zero-order valence-corrected chi connectivity index (χ0v) is 10.4. The van der Waals surface area contributed by atoms with Gasteiger partial charge in [0.1, 0.15) is 12.0 Å². The van der Waals surface area contributed by atoms with Gasteiger partial charge in [0.05, 0.1) is 6.61 Å². The minimum atomic E-state index is -1.31. The fourth-order valence-electron chi connectivity index (χ4n) is 2.00. The van der Waals surface area contributed by atoms with Gasteiger partial charge in [-0.25, -0.2) is 4.79 Å². The lowest BCUT2D eigenvalue weighted by molar-refractivity contribution is -0.0951. The minimum absolute atomic E-state index is 0.169. The lowest BCUT2D eigenvalue weighted by Crippen LogP contribution is -2.33. The molecule has 0 radical (unpaired) electrons. The fraction of sp³-hybridized carbons (Fsp3) is 0.600. The number of rotatable bonds is 3. The molecule has 9 nitrogen and oxygen atoms in total. The number of aliphatic hydroxyl groups is 1. The summed E-state index contributed by atoms with van der Waals surface area (Å²) in [6, 6.07) is 0. The van der Waals surface area contributed by atoms with Gasteiger partial charge >= 0.3 is 5.69 Å². The van der Waals surface area contributed by atoms with Crippen molar-refractivity contribution in [2.24, 2.45) is 5.11 Å². The predicted molar refractivity (Wildman–Crippen MR) is 66.0 cm³/mol. The molecule has 0 spiro atoms. The van der Waals surface area contributed by atoms with Crippen molar-refractivity contribution in [2.45, 2.75) is 31.7 Å². The van der Waals surface area contributed by atoms with E-state index in [9.17, 15) is 9.90 Å². The van der Waals surface area contributed by atoms with Gasteiger partial charge in [-0.1, -0.05) is 5.11 Å². The molecule has 0 aliphatic carbocycles. The van der Waals surface area contributed by atoms with Gasteiger partial charge in [-0.3, -0.25) is 4.57 Å². The highest BCUT2D eigenvalue weighted by atomic mass is 16.6. The average molecular weight is 266 g/mol. The molecule has 0 amide bonds. The summed E-state index contributed by atoms with van der Waals surface area (Å²) in [4.78, 5) is 18.1. The second kappa shape index (κ2) is 4.88. The summed E-state index contributed by atoms with van der Waals surface area (Å²) in [5.74, 6) is 0.169. The van der Waals surface area contributed by atoms with Crippen molar-refractivity contribution in [3.05, 3.63) is 32.7 Å². The maximum absolute atomic E-state index is 11.8. The Morgan fingerprint density at radius 2 is 2.58 bits per heavy atom. The molecule has 0 unspecified atom stereocenters. The Morgan fingerprint density at radius 1 is 1.84 bits per heavy atom. The van der Waals surface area contributed by atoms with Gasteiger partial charge in [-0.15, -0.1) is 0 Å². The van der Waals surface area contributed by atoms with Crippen molar-refractivity contribution in [1.29, 1.82) is 0 Å². The summed E-state index contributed by atoms with van der Waals surface area (Å²) in [6.45, 7) is 1.28. The molecule has 2 heterocycles. The Morgan fingerprint density at radius 3 is 3.21 bits per heavy atom. The number of nitrogens with two attached hydrogens (primary N) is 1. The molecule has 1 aliphatic rings. The van der Waals surface area contributed by atoms with Crippen LogP contribution < -0.4 is 11.4 Å². The van der Waals surface area contributed by atoms with Gasteiger partial charge in [0.25, 0.3) is 0 Å². The molecule has 2 rings (SSSR count). The molecule has 1 aromatic rings. The lowest BCUT2D eigenvalue weighted by atomic mass is 10.1. The highest BCUT2D eigenvalue weighted by Gasteiger charge is 2.40. The number of hydrogen-bond donors (Lipinski definition) is 2. The van der Waals surface area contributed by atoms with Gasteiger partial charge in [0.15, 0.2) is 5.72 Å². The third-order valence-electron chi connectivity index (χ3n) is 3.10. The second-order valence-electron chi connectivity index (χ2n) is 4.40. The van der Waals surface area contributed by atoms with Crippen LogP contribution in [0.25, 0.3) is 10.4 Å². The van der Waals surface area contributed by atoms with E-state index < -0.39 is 24.2 Å². The largest absolute Gasteiger partial charge is 0.393 e. The van der Waals surface area contributed by atoms with E-state index >= 15 is 0 Å². The molecule has 0 bridgehead atoms. The van der Waals surface area contributed by atoms with E-state index in [-0.39, 0.29) is 5.82 Å². The van der Waals surface area contributed by atoms with Crippen LogP contribution in [0.2, 0.25) is 0 Å². The Hall–Kier alpha value is -2.09. The molecule has 2 atom stereocenters. The number of ether oxygens (including phenoxy) is 1. The third-order valence-corrected chi connectivity index (χ3v) is 3.10. The standard InChI is InChI=1S/C10H14N6O3/c1-6-4-16(9(18)13-8(6)11)7-2-3-10(5-17,19-7)14-15-12/h4,7,17H,2-3,5H2,1H3,(H2,11,13,18)/t7-,10-/m0/s1. The monoisotopic (exact) mass is 266 g/mol. The summed E-state index contributed by atoms with van der Waals surface area (Å²) in [7, 11) is 0. The molecule has 1 fully saturated rings. The minimum Gasteiger partial charge on any atom is -0.393 e. The van der Waals surface area contributed by atoms with Crippen LogP contribution in [0.1, 0.15) is 24.6 Å². The molecule has 3 N–H and O–H groups in total. The Balaban J connectivity index is 2.33. The van der Waals surface area contributed by atoms with Crippen LogP contribution in [-0.2, 0) is 4.74 Å². The molecule has 1 aliphatic heterocycles. The van der Waals surface area contributed by atoms with Crippen molar-refractivity contribution >= 4 is 5.82 Å². The Bertz CT molecular complexity index is 593. The number of aryl methyl sites for hydroxylation is 1. The molecule has 0 aromatic carbocycles. The zero-order valence-electron chi connectivity index (χ0n) is 10.4. The first-order valence-electron chi connectivity index (χ1n) is 5.71. The van der Waals surface area contributed by atoms with E-state index in [0.29, 0.717) is 18.4 Å². The van der Waals surface area contributed by atoms with Crippen molar-refractivity contribution in [3.63, 3.8) is 0 Å². The second-order valence-corrected chi connectivity index (χ2v) is 4.40. The molecule has 1 aromatic heterocycles. The van der Waals surface area contributed by atoms with E-state index in [2.05, 4.69) is 15.0 Å². The number of nitrogen functional groups attached to an aromatic ring is 1. The van der Waals surface area contributed by atoms with Gasteiger partial charge in [0, 0.05) is 16.7 Å². The van der Waals surface area contributed by atoms with Gasteiger partial charge in [-0.05, 0) is 25.3 Å². The summed E-state index contributed by atoms with van der Waals surface area (Å²) >= 11 is 0. The first kappa shape index (κ1) is 13.3. The van der Waals surface area contributed by atoms with Crippen LogP contribution in [0.5, 0.6) is 0 Å². The Kier molecular flexibility index (Phi) is 3.43. The average Bonchev–Trinajstić information content (AvgIpc) is 2.79. The molecule has 19 heavy (non-hydrogen) atoms. The molecule has 9 heteroatoms. The molecular formula is C10H14N6O3. The number of hydrogen-bond acceptors (Lipinski definition) is 6. The highest BCUT2D eigenvalue weighted by Crippen LogP contribution is 2.36. The molecule has 102 valence electrons. The van der Waals surface area contributed by atoms with Gasteiger partial charge in [0.2, 0.25) is 0 Å². The van der Waals surface area contributed by atoms with E-state index in [1.54, 1.807) is 13.1 Å². The number of aromatic nitrogens is 2. The SMILES string of the molecule is Cc1cn([C@@H]2CC[C@](CO)(N=[N+]=[N-])O2)c(=O)nc1N. The van der Waals surface area contributed by atoms with E-state index in [1.165, 1.54) is 4.57 Å². The van der Waals surface area contributed by atoms with Crippen LogP contribution in [0.3, 0.4) is 0 Å². The number of nitrogens with zero attached hydrogens (tertiary/aromatic N) is 5. The van der Waals surface area contributed by atoms with E-state index in [1.807, 2.05) is 0 Å². The van der Waals surface area contributed by atoms with Crippen LogP contribution in [0.4, 0.5) is 5.82 Å². The fourth-order valence-corrected chi connectivity index (χ4v) is 2.00. The summed E-state index contributed by atoms with van der Waals surface area (Å²) in [5.41, 5.74) is 12.8. The number of azide groups is 1. The third kappa shape index (κ3) is 2.39. The zero-order chi connectivity index (χ0) is 14.0. The van der Waals surface area contributed by atoms with Crippen molar-refractivity contribution in [2.75, 3.05) is 12.3 Å². The van der Waals surface area contributed by atoms with Crippen LogP contribution in [-0.4, -0.2) is 27.0 Å². The van der Waals surface area contributed by atoms with Gasteiger partial charge < -0.3 is 15.6 Å². The van der Waals surface area contributed by atoms with Gasteiger partial charge in [-0.2, -0.15) is 4.98 Å². The summed E-state index contributed by atoms with van der Waals surface area (Å²) < 4.78 is 6.80. The van der Waals surface area contributed by atoms with Crippen LogP contribution in [0.15, 0.2) is 16.1 Å². The maximum Gasteiger partial charge on any atom is 0.351 e. The lowest BCUT2D eigenvalue weighted by Gasteiger charge is -2.22. The topological polar surface area (TPSA) is 139 Å². The maximum atomic E-state index is 11.8. The smallest absolute Gasteiger partial charge is 0.351 e. The van der Waals surface area contributed by atoms with Crippen molar-refractivity contribution in [1.82, 2.24) is 9.55 Å². The summed E-state index contributed by atoms with van der Waals surface area (Å²) in [6.07, 6.45) is 1.68. The predicted octanol–water partition coefficient (Wildman–Crippen LogP) is 0.442. The van der Waals surface area contributed by atoms with E-state index in [0.717, 1.165) is 0 Å². The van der Waals surface area contributed by atoms with Crippen LogP contribution in [0, 0.1) is 6.92 Å². The summed E-state index contributed by atoms with van der Waals surface area (Å²) in [5, 5.41) is 12.7. The normalized spacial score (nSPS) is 26.1.